The standard InChI is InChI=1S/C9H14N2O2S3/c1-2-8(9(10)14)16(12,13)11-5-7-3-4-15-6-7/h3-4,6,8,11H,2,5H2,1H3,(H2,10,14). The Hall–Kier alpha value is -0.500. The van der Waals surface area contributed by atoms with Gasteiger partial charge >= 0.3 is 0 Å². The van der Waals surface area contributed by atoms with Crippen LogP contribution in [0.5, 0.6) is 0 Å². The summed E-state index contributed by atoms with van der Waals surface area (Å²) >= 11 is 6.26. The highest BCUT2D eigenvalue weighted by Gasteiger charge is 2.25. The van der Waals surface area contributed by atoms with Crippen LogP contribution in [0.3, 0.4) is 0 Å². The van der Waals surface area contributed by atoms with Gasteiger partial charge in [-0.3, -0.25) is 0 Å². The maximum absolute atomic E-state index is 11.8. The number of nitrogens with two attached hydrogens (primary N) is 1. The van der Waals surface area contributed by atoms with Crippen molar-refractivity contribution in [2.45, 2.75) is 25.1 Å². The topological polar surface area (TPSA) is 72.2 Å². The fraction of sp³-hybridized carbons (Fsp3) is 0.444. The number of thiophene rings is 1. The first-order chi connectivity index (χ1) is 7.47. The predicted molar refractivity (Wildman–Crippen MR) is 70.9 cm³/mol. The third kappa shape index (κ3) is 3.51. The van der Waals surface area contributed by atoms with E-state index in [2.05, 4.69) is 4.72 Å². The van der Waals surface area contributed by atoms with Crippen molar-refractivity contribution in [2.24, 2.45) is 5.73 Å². The molecule has 0 fully saturated rings. The average Bonchev–Trinajstić information content (AvgIpc) is 2.67. The minimum atomic E-state index is -3.46. The molecule has 0 amide bonds. The number of thiocarbonyl (C=S) groups is 1. The number of hydrogen-bond donors (Lipinski definition) is 2. The number of hydrogen-bond acceptors (Lipinski definition) is 4. The summed E-state index contributed by atoms with van der Waals surface area (Å²) in [6.07, 6.45) is 0.383. The third-order valence-electron chi connectivity index (χ3n) is 2.12. The number of sulfonamides is 1. The Morgan fingerprint density at radius 1 is 1.69 bits per heavy atom. The van der Waals surface area contributed by atoms with Crippen LogP contribution in [0.15, 0.2) is 16.8 Å². The van der Waals surface area contributed by atoms with Crippen molar-refractivity contribution >= 4 is 38.6 Å². The van der Waals surface area contributed by atoms with Crippen molar-refractivity contribution in [2.75, 3.05) is 0 Å². The highest BCUT2D eigenvalue weighted by atomic mass is 32.2. The van der Waals surface area contributed by atoms with Crippen LogP contribution in [0.25, 0.3) is 0 Å². The Labute approximate surface area is 105 Å². The quantitative estimate of drug-likeness (QED) is 0.768. The van der Waals surface area contributed by atoms with E-state index in [0.29, 0.717) is 6.42 Å². The monoisotopic (exact) mass is 278 g/mol. The lowest BCUT2D eigenvalue weighted by Crippen LogP contribution is -2.41. The number of rotatable bonds is 6. The molecule has 0 radical (unpaired) electrons. The van der Waals surface area contributed by atoms with E-state index < -0.39 is 15.3 Å². The summed E-state index contributed by atoms with van der Waals surface area (Å²) in [5.74, 6) is 0. The molecule has 0 saturated carbocycles. The van der Waals surface area contributed by atoms with Crippen molar-refractivity contribution in [1.82, 2.24) is 4.72 Å². The third-order valence-corrected chi connectivity index (χ3v) is 5.17. The zero-order chi connectivity index (χ0) is 12.2. The van der Waals surface area contributed by atoms with Gasteiger partial charge < -0.3 is 5.73 Å². The first-order valence-corrected chi connectivity index (χ1v) is 7.66. The molecule has 1 heterocycles. The van der Waals surface area contributed by atoms with E-state index >= 15 is 0 Å². The van der Waals surface area contributed by atoms with E-state index in [1.165, 1.54) is 11.3 Å². The normalized spacial score (nSPS) is 13.6. The first-order valence-electron chi connectivity index (χ1n) is 4.76. The second-order valence-electron chi connectivity index (χ2n) is 3.30. The summed E-state index contributed by atoms with van der Waals surface area (Å²) in [5.41, 5.74) is 6.33. The van der Waals surface area contributed by atoms with E-state index in [4.69, 9.17) is 18.0 Å². The molecule has 0 aliphatic carbocycles. The van der Waals surface area contributed by atoms with Gasteiger partial charge in [0, 0.05) is 6.54 Å². The minimum Gasteiger partial charge on any atom is -0.392 e. The summed E-state index contributed by atoms with van der Waals surface area (Å²) in [6.45, 7) is 2.03. The van der Waals surface area contributed by atoms with Gasteiger partial charge in [0.2, 0.25) is 10.0 Å². The molecule has 3 N–H and O–H groups in total. The molecular weight excluding hydrogens is 264 g/mol. The molecule has 7 heteroatoms. The van der Waals surface area contributed by atoms with Gasteiger partial charge in [0.25, 0.3) is 0 Å². The molecule has 1 aromatic rings. The van der Waals surface area contributed by atoms with Crippen molar-refractivity contribution < 1.29 is 8.42 Å². The molecule has 0 aliphatic rings. The van der Waals surface area contributed by atoms with E-state index in [9.17, 15) is 8.42 Å². The largest absolute Gasteiger partial charge is 0.392 e. The van der Waals surface area contributed by atoms with Gasteiger partial charge in [-0.2, -0.15) is 11.3 Å². The Morgan fingerprint density at radius 2 is 2.38 bits per heavy atom. The highest BCUT2D eigenvalue weighted by Crippen LogP contribution is 2.09. The van der Waals surface area contributed by atoms with Gasteiger partial charge in [0.05, 0.1) is 4.99 Å². The van der Waals surface area contributed by atoms with Gasteiger partial charge in [-0.1, -0.05) is 19.1 Å². The zero-order valence-corrected chi connectivity index (χ0v) is 11.3. The smallest absolute Gasteiger partial charge is 0.221 e. The molecule has 4 nitrogen and oxygen atoms in total. The lowest BCUT2D eigenvalue weighted by molar-refractivity contribution is 0.574. The van der Waals surface area contributed by atoms with Crippen LogP contribution in [-0.2, 0) is 16.6 Å². The van der Waals surface area contributed by atoms with Crippen molar-refractivity contribution in [1.29, 1.82) is 0 Å². The zero-order valence-electron chi connectivity index (χ0n) is 8.84. The van der Waals surface area contributed by atoms with E-state index in [0.717, 1.165) is 5.56 Å². The van der Waals surface area contributed by atoms with Gasteiger partial charge in [0.1, 0.15) is 5.25 Å². The van der Waals surface area contributed by atoms with Crippen molar-refractivity contribution in [3.63, 3.8) is 0 Å². The summed E-state index contributed by atoms with van der Waals surface area (Å²) < 4.78 is 26.2. The van der Waals surface area contributed by atoms with Crippen LogP contribution < -0.4 is 10.5 Å². The van der Waals surface area contributed by atoms with Crippen molar-refractivity contribution in [3.8, 4) is 0 Å². The van der Waals surface area contributed by atoms with Crippen LogP contribution in [0, 0.1) is 0 Å². The van der Waals surface area contributed by atoms with Crippen LogP contribution in [0.4, 0.5) is 0 Å². The van der Waals surface area contributed by atoms with Gasteiger partial charge in [-0.25, -0.2) is 13.1 Å². The second kappa shape index (κ2) is 5.72. The molecule has 0 spiro atoms. The average molecular weight is 278 g/mol. The SMILES string of the molecule is CCC(C(N)=S)S(=O)(=O)NCc1ccsc1. The first kappa shape index (κ1) is 13.6. The summed E-state index contributed by atoms with van der Waals surface area (Å²) in [6, 6.07) is 1.87. The van der Waals surface area contributed by atoms with Crippen LogP contribution in [0.2, 0.25) is 0 Å². The fourth-order valence-electron chi connectivity index (χ4n) is 1.25. The van der Waals surface area contributed by atoms with Crippen molar-refractivity contribution in [3.05, 3.63) is 22.4 Å². The van der Waals surface area contributed by atoms with Crippen LogP contribution >= 0.6 is 23.6 Å². The molecular formula is C9H14N2O2S3. The maximum atomic E-state index is 11.8. The van der Waals surface area contributed by atoms with Crippen LogP contribution in [-0.4, -0.2) is 18.7 Å². The lowest BCUT2D eigenvalue weighted by Gasteiger charge is -2.14. The molecule has 0 aliphatic heterocycles. The molecule has 1 aromatic heterocycles. The fourth-order valence-corrected chi connectivity index (χ4v) is 3.78. The molecule has 1 atom stereocenters. The van der Waals surface area contributed by atoms with E-state index in [1.54, 1.807) is 6.92 Å². The van der Waals surface area contributed by atoms with Crippen LogP contribution in [0.1, 0.15) is 18.9 Å². The van der Waals surface area contributed by atoms with Gasteiger partial charge in [0.15, 0.2) is 0 Å². The Bertz CT molecular complexity index is 439. The lowest BCUT2D eigenvalue weighted by atomic mass is 10.3. The molecule has 16 heavy (non-hydrogen) atoms. The summed E-state index contributed by atoms with van der Waals surface area (Å²) in [5, 5.41) is 3.00. The summed E-state index contributed by atoms with van der Waals surface area (Å²) in [4.78, 5) is 0.0142. The molecule has 0 aromatic carbocycles. The van der Waals surface area contributed by atoms with Gasteiger partial charge in [-0.05, 0) is 28.8 Å². The second-order valence-corrected chi connectivity index (χ2v) is 6.50. The Kier molecular flexibility index (Phi) is 4.85. The highest BCUT2D eigenvalue weighted by molar-refractivity contribution is 7.93. The summed E-state index contributed by atoms with van der Waals surface area (Å²) in [7, 11) is -3.46. The Balaban J connectivity index is 2.67. The molecule has 0 saturated heterocycles. The molecule has 90 valence electrons. The number of nitrogens with one attached hydrogen (secondary N) is 1. The maximum Gasteiger partial charge on any atom is 0.221 e. The molecule has 0 bridgehead atoms. The van der Waals surface area contributed by atoms with Gasteiger partial charge in [-0.15, -0.1) is 0 Å². The minimum absolute atomic E-state index is 0.0142. The predicted octanol–water partition coefficient (Wildman–Crippen LogP) is 1.23. The Morgan fingerprint density at radius 3 is 2.81 bits per heavy atom. The molecule has 1 rings (SSSR count). The van der Waals surface area contributed by atoms with E-state index in [-0.39, 0.29) is 11.5 Å². The molecule has 1 unspecified atom stereocenters. The van der Waals surface area contributed by atoms with E-state index in [1.807, 2.05) is 16.8 Å².